The first-order chi connectivity index (χ1) is 7.24. The van der Waals surface area contributed by atoms with E-state index in [1.54, 1.807) is 0 Å². The van der Waals surface area contributed by atoms with Crippen molar-refractivity contribution in [2.75, 3.05) is 19.3 Å². The van der Waals surface area contributed by atoms with E-state index in [1.807, 2.05) is 11.8 Å². The van der Waals surface area contributed by atoms with Crippen LogP contribution in [0.5, 0.6) is 0 Å². The lowest BCUT2D eigenvalue weighted by Crippen LogP contribution is -2.35. The maximum Gasteiger partial charge on any atom is 0.223 e. The van der Waals surface area contributed by atoms with Crippen LogP contribution in [0.25, 0.3) is 0 Å². The highest BCUT2D eigenvalue weighted by atomic mass is 32.2. The first kappa shape index (κ1) is 11.3. The molecular formula is C11H20N2OS. The molecule has 0 aromatic rings. The SMILES string of the molecule is CSC1CCC(N2CC(CN)CC2=O)C1. The van der Waals surface area contributed by atoms with Gasteiger partial charge in [0.05, 0.1) is 0 Å². The lowest BCUT2D eigenvalue weighted by Gasteiger charge is -2.24. The van der Waals surface area contributed by atoms with Crippen LogP contribution in [0.4, 0.5) is 0 Å². The molecule has 2 aliphatic rings. The lowest BCUT2D eigenvalue weighted by molar-refractivity contribution is -0.129. The standard InChI is InChI=1S/C11H20N2OS/c1-15-10-3-2-9(5-10)13-7-8(6-12)4-11(13)14/h8-10H,2-7,12H2,1H3. The molecule has 3 nitrogen and oxygen atoms in total. The van der Waals surface area contributed by atoms with Crippen molar-refractivity contribution >= 4 is 17.7 Å². The number of nitrogens with two attached hydrogens (primary N) is 1. The number of carbonyl (C=O) groups is 1. The monoisotopic (exact) mass is 228 g/mol. The summed E-state index contributed by atoms with van der Waals surface area (Å²) in [6, 6.07) is 0.506. The molecule has 0 bridgehead atoms. The van der Waals surface area contributed by atoms with Crippen molar-refractivity contribution in [3.63, 3.8) is 0 Å². The van der Waals surface area contributed by atoms with E-state index in [-0.39, 0.29) is 0 Å². The average molecular weight is 228 g/mol. The lowest BCUT2D eigenvalue weighted by atomic mass is 10.1. The Hall–Kier alpha value is -0.220. The molecule has 1 heterocycles. The quantitative estimate of drug-likeness (QED) is 0.786. The van der Waals surface area contributed by atoms with E-state index in [9.17, 15) is 4.79 Å². The number of likely N-dealkylation sites (tertiary alicyclic amines) is 1. The maximum absolute atomic E-state index is 11.8. The first-order valence-electron chi connectivity index (χ1n) is 5.77. The molecule has 2 fully saturated rings. The number of hydrogen-bond donors (Lipinski definition) is 1. The largest absolute Gasteiger partial charge is 0.339 e. The highest BCUT2D eigenvalue weighted by Gasteiger charge is 2.37. The van der Waals surface area contributed by atoms with Crippen molar-refractivity contribution < 1.29 is 4.79 Å². The van der Waals surface area contributed by atoms with Gasteiger partial charge in [0.1, 0.15) is 0 Å². The zero-order valence-electron chi connectivity index (χ0n) is 9.32. The van der Waals surface area contributed by atoms with Gasteiger partial charge in [0.15, 0.2) is 0 Å². The molecule has 2 rings (SSSR count). The van der Waals surface area contributed by atoms with E-state index in [4.69, 9.17) is 5.73 Å². The third-order valence-corrected chi connectivity index (χ3v) is 4.80. The summed E-state index contributed by atoms with van der Waals surface area (Å²) in [5, 5.41) is 0.764. The zero-order chi connectivity index (χ0) is 10.8. The van der Waals surface area contributed by atoms with Crippen LogP contribution in [0.15, 0.2) is 0 Å². The van der Waals surface area contributed by atoms with Gasteiger partial charge in [-0.2, -0.15) is 11.8 Å². The molecule has 0 radical (unpaired) electrons. The van der Waals surface area contributed by atoms with E-state index in [0.29, 0.717) is 30.8 Å². The number of carbonyl (C=O) groups excluding carboxylic acids is 1. The van der Waals surface area contributed by atoms with Gasteiger partial charge in [0.2, 0.25) is 5.91 Å². The van der Waals surface area contributed by atoms with Crippen molar-refractivity contribution in [2.45, 2.75) is 37.0 Å². The fraction of sp³-hybridized carbons (Fsp3) is 0.909. The molecule has 15 heavy (non-hydrogen) atoms. The van der Waals surface area contributed by atoms with Gasteiger partial charge in [0.25, 0.3) is 0 Å². The van der Waals surface area contributed by atoms with E-state index in [1.165, 1.54) is 19.3 Å². The van der Waals surface area contributed by atoms with Gasteiger partial charge in [-0.3, -0.25) is 4.79 Å². The third-order valence-electron chi connectivity index (χ3n) is 3.70. The van der Waals surface area contributed by atoms with E-state index in [0.717, 1.165) is 11.8 Å². The molecule has 0 spiro atoms. The van der Waals surface area contributed by atoms with Crippen molar-refractivity contribution in [2.24, 2.45) is 11.7 Å². The Bertz CT molecular complexity index is 247. The molecule has 0 aromatic heterocycles. The van der Waals surface area contributed by atoms with Gasteiger partial charge >= 0.3 is 0 Å². The van der Waals surface area contributed by atoms with E-state index < -0.39 is 0 Å². The Kier molecular flexibility index (Phi) is 3.57. The molecule has 1 saturated carbocycles. The van der Waals surface area contributed by atoms with Crippen LogP contribution in [-0.4, -0.2) is 41.4 Å². The molecule has 1 amide bonds. The second-order valence-electron chi connectivity index (χ2n) is 4.68. The third kappa shape index (κ3) is 2.31. The van der Waals surface area contributed by atoms with Gasteiger partial charge in [-0.1, -0.05) is 0 Å². The topological polar surface area (TPSA) is 46.3 Å². The minimum Gasteiger partial charge on any atom is -0.339 e. The van der Waals surface area contributed by atoms with Gasteiger partial charge in [-0.05, 0) is 38.0 Å². The molecule has 0 aromatic carbocycles. The van der Waals surface area contributed by atoms with E-state index >= 15 is 0 Å². The summed E-state index contributed by atoms with van der Waals surface area (Å²) >= 11 is 1.94. The molecule has 3 atom stereocenters. The zero-order valence-corrected chi connectivity index (χ0v) is 10.1. The smallest absolute Gasteiger partial charge is 0.223 e. The van der Waals surface area contributed by atoms with Crippen molar-refractivity contribution in [3.8, 4) is 0 Å². The molecule has 1 aliphatic heterocycles. The highest BCUT2D eigenvalue weighted by Crippen LogP contribution is 2.34. The van der Waals surface area contributed by atoms with Crippen LogP contribution >= 0.6 is 11.8 Å². The number of thioether (sulfide) groups is 1. The molecule has 3 unspecified atom stereocenters. The number of rotatable bonds is 3. The van der Waals surface area contributed by atoms with E-state index in [2.05, 4.69) is 11.2 Å². The molecule has 1 saturated heterocycles. The second-order valence-corrected chi connectivity index (χ2v) is 5.81. The molecule has 4 heteroatoms. The summed E-state index contributed by atoms with van der Waals surface area (Å²) in [5.41, 5.74) is 5.63. The number of amides is 1. The fourth-order valence-corrected chi connectivity index (χ4v) is 3.52. The van der Waals surface area contributed by atoms with Gasteiger partial charge in [-0.25, -0.2) is 0 Å². The van der Waals surface area contributed by atoms with Crippen molar-refractivity contribution in [3.05, 3.63) is 0 Å². The van der Waals surface area contributed by atoms with Crippen LogP contribution in [0.1, 0.15) is 25.7 Å². The summed E-state index contributed by atoms with van der Waals surface area (Å²) in [6.45, 7) is 1.56. The fourth-order valence-electron chi connectivity index (χ4n) is 2.73. The normalized spacial score (nSPS) is 36.5. The summed E-state index contributed by atoms with van der Waals surface area (Å²) < 4.78 is 0. The second kappa shape index (κ2) is 4.74. The van der Waals surface area contributed by atoms with Crippen molar-refractivity contribution in [1.82, 2.24) is 4.90 Å². The van der Waals surface area contributed by atoms with Crippen LogP contribution in [0, 0.1) is 5.92 Å². The minimum atomic E-state index is 0.331. The predicted octanol–water partition coefficient (Wildman–Crippen LogP) is 1.08. The number of hydrogen-bond acceptors (Lipinski definition) is 3. The molecule has 2 N–H and O–H groups in total. The Morgan fingerprint density at radius 3 is 2.87 bits per heavy atom. The molecule has 1 aliphatic carbocycles. The Balaban J connectivity index is 1.92. The summed E-state index contributed by atoms with van der Waals surface area (Å²) in [4.78, 5) is 13.9. The molecular weight excluding hydrogens is 208 g/mol. The van der Waals surface area contributed by atoms with Crippen LogP contribution in [-0.2, 0) is 4.79 Å². The van der Waals surface area contributed by atoms with Crippen LogP contribution in [0.2, 0.25) is 0 Å². The highest BCUT2D eigenvalue weighted by molar-refractivity contribution is 7.99. The summed E-state index contributed by atoms with van der Waals surface area (Å²) in [6.07, 6.45) is 6.49. The Labute approximate surface area is 95.8 Å². The Morgan fingerprint density at radius 1 is 1.53 bits per heavy atom. The Morgan fingerprint density at radius 2 is 2.33 bits per heavy atom. The predicted molar refractivity (Wildman–Crippen MR) is 63.8 cm³/mol. The maximum atomic E-state index is 11.8. The first-order valence-corrected chi connectivity index (χ1v) is 7.05. The van der Waals surface area contributed by atoms with Crippen LogP contribution < -0.4 is 5.73 Å². The minimum absolute atomic E-state index is 0.331. The number of nitrogens with zero attached hydrogens (tertiary/aromatic N) is 1. The average Bonchev–Trinajstić information content (AvgIpc) is 2.83. The van der Waals surface area contributed by atoms with Gasteiger partial charge in [0, 0.05) is 24.3 Å². The summed E-state index contributed by atoms with van der Waals surface area (Å²) in [7, 11) is 0. The van der Waals surface area contributed by atoms with Gasteiger partial charge < -0.3 is 10.6 Å². The van der Waals surface area contributed by atoms with Crippen molar-refractivity contribution in [1.29, 1.82) is 0 Å². The van der Waals surface area contributed by atoms with Crippen LogP contribution in [0.3, 0.4) is 0 Å². The van der Waals surface area contributed by atoms with Gasteiger partial charge in [-0.15, -0.1) is 0 Å². The summed E-state index contributed by atoms with van der Waals surface area (Å²) in [5.74, 6) is 0.739. The molecule has 86 valence electrons.